The summed E-state index contributed by atoms with van der Waals surface area (Å²) >= 11 is 1.43. The Hall–Kier alpha value is -1.62. The number of hydrogen-bond donors (Lipinski definition) is 2. The third-order valence-electron chi connectivity index (χ3n) is 2.92. The molecule has 0 aliphatic carbocycles. The second-order valence-electron chi connectivity index (χ2n) is 4.08. The summed E-state index contributed by atoms with van der Waals surface area (Å²) < 4.78 is 0.601. The fourth-order valence-electron chi connectivity index (χ4n) is 2.11. The lowest BCUT2D eigenvalue weighted by Gasteiger charge is -1.97. The Morgan fingerprint density at radius 2 is 1.39 bits per heavy atom. The van der Waals surface area contributed by atoms with Crippen LogP contribution in [-0.2, 0) is 0 Å². The quantitative estimate of drug-likeness (QED) is 0.688. The predicted octanol–water partition coefficient (Wildman–Crippen LogP) is 2.25. The molecule has 0 fully saturated rings. The molecule has 88 valence electrons. The minimum atomic E-state index is -1.42. The van der Waals surface area contributed by atoms with Crippen molar-refractivity contribution in [1.29, 1.82) is 0 Å². The highest BCUT2D eigenvalue weighted by molar-refractivity contribution is 7.27. The van der Waals surface area contributed by atoms with Gasteiger partial charge in [0.2, 0.25) is 0 Å². The molecule has 0 amide bonds. The second kappa shape index (κ2) is 4.57. The van der Waals surface area contributed by atoms with E-state index in [9.17, 15) is 10.0 Å². The van der Waals surface area contributed by atoms with Gasteiger partial charge in [0.25, 0.3) is 0 Å². The lowest BCUT2D eigenvalue weighted by atomic mass is 9.86. The molecule has 0 unspecified atom stereocenters. The van der Waals surface area contributed by atoms with E-state index in [-0.39, 0.29) is 0 Å². The molecule has 0 saturated carbocycles. The van der Waals surface area contributed by atoms with E-state index in [4.69, 9.17) is 0 Å². The average molecular weight is 254 g/mol. The molecule has 0 saturated heterocycles. The van der Waals surface area contributed by atoms with Crippen molar-refractivity contribution in [3.8, 4) is 10.4 Å². The summed E-state index contributed by atoms with van der Waals surface area (Å²) in [7, 11) is -1.42. The fourth-order valence-corrected chi connectivity index (χ4v) is 3.27. The summed E-state index contributed by atoms with van der Waals surface area (Å²) in [5.74, 6) is 0. The van der Waals surface area contributed by atoms with E-state index < -0.39 is 7.12 Å². The third-order valence-corrected chi connectivity index (χ3v) is 4.23. The van der Waals surface area contributed by atoms with E-state index in [0.717, 1.165) is 21.2 Å². The van der Waals surface area contributed by atoms with Crippen molar-refractivity contribution in [3.63, 3.8) is 0 Å². The first kappa shape index (κ1) is 11.5. The van der Waals surface area contributed by atoms with Crippen LogP contribution in [0.4, 0.5) is 0 Å². The van der Waals surface area contributed by atoms with Gasteiger partial charge in [0.1, 0.15) is 0 Å². The van der Waals surface area contributed by atoms with Crippen LogP contribution >= 0.6 is 11.3 Å². The van der Waals surface area contributed by atoms with Crippen molar-refractivity contribution < 1.29 is 10.0 Å². The highest BCUT2D eigenvalue weighted by Crippen LogP contribution is 2.33. The maximum atomic E-state index is 9.45. The van der Waals surface area contributed by atoms with Gasteiger partial charge in [0, 0.05) is 9.65 Å². The zero-order valence-corrected chi connectivity index (χ0v) is 10.4. The topological polar surface area (TPSA) is 40.5 Å². The molecule has 2 nitrogen and oxygen atoms in total. The van der Waals surface area contributed by atoms with Crippen LogP contribution in [-0.4, -0.2) is 17.2 Å². The first-order chi connectivity index (χ1) is 8.77. The summed E-state index contributed by atoms with van der Waals surface area (Å²) in [5, 5.41) is 20.9. The Morgan fingerprint density at radius 3 is 2.06 bits per heavy atom. The maximum Gasteiger partial charge on any atom is 0.499 e. The summed E-state index contributed by atoms with van der Waals surface area (Å²) in [6.07, 6.45) is 0. The molecule has 0 spiro atoms. The predicted molar refractivity (Wildman–Crippen MR) is 77.1 cm³/mol. The smallest absolute Gasteiger partial charge is 0.423 e. The van der Waals surface area contributed by atoms with Crippen molar-refractivity contribution in [2.45, 2.75) is 0 Å². The van der Waals surface area contributed by atoms with Crippen molar-refractivity contribution in [3.05, 3.63) is 54.6 Å². The van der Waals surface area contributed by atoms with Crippen molar-refractivity contribution >= 4 is 34.0 Å². The Morgan fingerprint density at radius 1 is 0.778 bits per heavy atom. The molecule has 0 radical (unpaired) electrons. The second-order valence-corrected chi connectivity index (χ2v) is 5.13. The number of benzene rings is 2. The monoisotopic (exact) mass is 254 g/mol. The van der Waals surface area contributed by atoms with Crippen molar-refractivity contribution in [2.75, 3.05) is 0 Å². The molecule has 2 aromatic carbocycles. The van der Waals surface area contributed by atoms with Gasteiger partial charge in [0.05, 0.1) is 0 Å². The summed E-state index contributed by atoms with van der Waals surface area (Å²) in [5.41, 5.74) is 1.10. The fraction of sp³-hybridized carbons (Fsp3) is 0. The van der Waals surface area contributed by atoms with Gasteiger partial charge in [-0.15, -0.1) is 11.3 Å². The molecule has 18 heavy (non-hydrogen) atoms. The van der Waals surface area contributed by atoms with Gasteiger partial charge in [0.15, 0.2) is 0 Å². The molecule has 2 N–H and O–H groups in total. The number of hydrogen-bond acceptors (Lipinski definition) is 3. The molecule has 1 aromatic heterocycles. The Bertz CT molecular complexity index is 677. The third kappa shape index (κ3) is 1.84. The number of thiophene rings is 1. The zero-order chi connectivity index (χ0) is 12.5. The van der Waals surface area contributed by atoms with Crippen molar-refractivity contribution in [2.24, 2.45) is 0 Å². The standard InChI is InChI=1S/C14H11BO2S/c16-15(17)14-12-9-5-4-8-11(12)13(18-14)10-6-2-1-3-7-10/h1-9,16-17H. The minimum absolute atomic E-state index is 0.601. The van der Waals surface area contributed by atoms with Crippen LogP contribution in [0.3, 0.4) is 0 Å². The molecule has 3 rings (SSSR count). The normalized spacial score (nSPS) is 10.8. The Balaban J connectivity index is 2.31. The SMILES string of the molecule is OB(O)c1sc(-c2ccccc2)c2ccccc12. The Labute approximate surface area is 109 Å². The van der Waals surface area contributed by atoms with Gasteiger partial charge < -0.3 is 10.0 Å². The molecule has 4 heteroatoms. The van der Waals surface area contributed by atoms with E-state index in [1.807, 2.05) is 54.6 Å². The van der Waals surface area contributed by atoms with Gasteiger partial charge >= 0.3 is 7.12 Å². The van der Waals surface area contributed by atoms with E-state index in [2.05, 4.69) is 0 Å². The molecular weight excluding hydrogens is 243 g/mol. The van der Waals surface area contributed by atoms with Crippen LogP contribution in [0, 0.1) is 0 Å². The average Bonchev–Trinajstić information content (AvgIpc) is 2.79. The molecule has 0 atom stereocenters. The number of rotatable bonds is 2. The highest BCUT2D eigenvalue weighted by atomic mass is 32.1. The van der Waals surface area contributed by atoms with Crippen LogP contribution in [0.1, 0.15) is 0 Å². The lowest BCUT2D eigenvalue weighted by Crippen LogP contribution is -2.27. The lowest BCUT2D eigenvalue weighted by molar-refractivity contribution is 0.427. The van der Waals surface area contributed by atoms with Crippen molar-refractivity contribution in [1.82, 2.24) is 0 Å². The van der Waals surface area contributed by atoms with Crippen LogP contribution in [0.5, 0.6) is 0 Å². The van der Waals surface area contributed by atoms with E-state index in [0.29, 0.717) is 4.78 Å². The first-order valence-corrected chi connectivity index (χ1v) is 6.52. The minimum Gasteiger partial charge on any atom is -0.423 e. The summed E-state index contributed by atoms with van der Waals surface area (Å²) in [6.45, 7) is 0. The van der Waals surface area contributed by atoms with Gasteiger partial charge in [-0.1, -0.05) is 54.6 Å². The number of fused-ring (bicyclic) bond motifs is 1. The molecule has 0 bridgehead atoms. The largest absolute Gasteiger partial charge is 0.499 e. The van der Waals surface area contributed by atoms with Crippen LogP contribution in [0.2, 0.25) is 0 Å². The summed E-state index contributed by atoms with van der Waals surface area (Å²) in [4.78, 5) is 1.08. The highest BCUT2D eigenvalue weighted by Gasteiger charge is 2.20. The zero-order valence-electron chi connectivity index (χ0n) is 9.58. The summed E-state index contributed by atoms with van der Waals surface area (Å²) in [6, 6.07) is 17.8. The first-order valence-electron chi connectivity index (χ1n) is 5.70. The van der Waals surface area contributed by atoms with Gasteiger partial charge in [-0.2, -0.15) is 0 Å². The maximum absolute atomic E-state index is 9.45. The van der Waals surface area contributed by atoms with E-state index in [1.54, 1.807) is 0 Å². The van der Waals surface area contributed by atoms with Gasteiger partial charge in [-0.3, -0.25) is 0 Å². The molecule has 1 heterocycles. The van der Waals surface area contributed by atoms with Gasteiger partial charge in [-0.25, -0.2) is 0 Å². The van der Waals surface area contributed by atoms with Crippen LogP contribution in [0.15, 0.2) is 54.6 Å². The van der Waals surface area contributed by atoms with Gasteiger partial charge in [-0.05, 0) is 16.3 Å². The Kier molecular flexibility index (Phi) is 2.92. The van der Waals surface area contributed by atoms with E-state index >= 15 is 0 Å². The van der Waals surface area contributed by atoms with Crippen LogP contribution in [0.25, 0.3) is 21.2 Å². The van der Waals surface area contributed by atoms with Crippen LogP contribution < -0.4 is 4.78 Å². The molecule has 3 aromatic rings. The molecule has 0 aliphatic rings. The molecule has 0 aliphatic heterocycles. The van der Waals surface area contributed by atoms with E-state index in [1.165, 1.54) is 11.3 Å². The molecular formula is C14H11BO2S.